The van der Waals surface area contributed by atoms with E-state index in [4.69, 9.17) is 14.6 Å². The second-order valence-corrected chi connectivity index (χ2v) is 6.31. The number of aliphatic hydroxyl groups excluding tert-OH is 1. The number of hydrogen-bond acceptors (Lipinski definition) is 5. The molecule has 1 unspecified atom stereocenters. The third-order valence-corrected chi connectivity index (χ3v) is 3.87. The van der Waals surface area contributed by atoms with E-state index in [0.29, 0.717) is 19.3 Å². The molecule has 0 amide bonds. The van der Waals surface area contributed by atoms with Crippen LogP contribution in [0.4, 0.5) is 0 Å². The Kier molecular flexibility index (Phi) is 16.0. The van der Waals surface area contributed by atoms with E-state index in [1.165, 1.54) is 38.5 Å². The van der Waals surface area contributed by atoms with Crippen LogP contribution in [0, 0.1) is 0 Å². The summed E-state index contributed by atoms with van der Waals surface area (Å²) >= 11 is 0. The lowest BCUT2D eigenvalue weighted by atomic mass is 10.1. The molecule has 0 rings (SSSR count). The molecule has 0 heterocycles. The highest BCUT2D eigenvalue weighted by atomic mass is 16.6. The molecular weight excluding hydrogens is 308 g/mol. The van der Waals surface area contributed by atoms with Crippen LogP contribution in [0.5, 0.6) is 0 Å². The number of aliphatic hydroxyl groups is 1. The quantitative estimate of drug-likeness (QED) is 0.336. The van der Waals surface area contributed by atoms with Crippen molar-refractivity contribution < 1.29 is 24.2 Å². The van der Waals surface area contributed by atoms with Crippen molar-refractivity contribution in [3.05, 3.63) is 0 Å². The molecule has 0 aromatic carbocycles. The maximum absolute atomic E-state index is 11.6. The summed E-state index contributed by atoms with van der Waals surface area (Å²) < 4.78 is 10.1. The van der Waals surface area contributed by atoms with Gasteiger partial charge in [-0.05, 0) is 12.8 Å². The molecule has 0 aromatic rings. The van der Waals surface area contributed by atoms with Gasteiger partial charge in [0.05, 0.1) is 6.61 Å². The van der Waals surface area contributed by atoms with Gasteiger partial charge in [0, 0.05) is 12.8 Å². The lowest BCUT2D eigenvalue weighted by molar-refractivity contribution is -0.161. The normalized spacial score (nSPS) is 12.0. The highest BCUT2D eigenvalue weighted by molar-refractivity contribution is 5.70. The summed E-state index contributed by atoms with van der Waals surface area (Å²) in [5.74, 6) is -0.658. The number of rotatable bonds is 16. The van der Waals surface area contributed by atoms with Gasteiger partial charge in [-0.15, -0.1) is 0 Å². The topological polar surface area (TPSA) is 72.8 Å². The summed E-state index contributed by atoms with van der Waals surface area (Å²) in [4.78, 5) is 23.0. The minimum Gasteiger partial charge on any atom is -0.462 e. The van der Waals surface area contributed by atoms with Crippen molar-refractivity contribution in [2.45, 2.75) is 97.0 Å². The van der Waals surface area contributed by atoms with E-state index in [1.54, 1.807) is 0 Å². The average molecular weight is 344 g/mol. The van der Waals surface area contributed by atoms with E-state index >= 15 is 0 Å². The molecule has 142 valence electrons. The zero-order valence-electron chi connectivity index (χ0n) is 15.6. The number of carbonyl (C=O) groups is 2. The van der Waals surface area contributed by atoms with Gasteiger partial charge in [0.2, 0.25) is 0 Å². The van der Waals surface area contributed by atoms with Gasteiger partial charge >= 0.3 is 11.9 Å². The molecule has 0 aliphatic carbocycles. The van der Waals surface area contributed by atoms with Crippen LogP contribution in [0.15, 0.2) is 0 Å². The van der Waals surface area contributed by atoms with Crippen LogP contribution in [-0.2, 0) is 19.1 Å². The number of ether oxygens (including phenoxy) is 2. The maximum atomic E-state index is 11.6. The molecule has 1 N–H and O–H groups in total. The van der Waals surface area contributed by atoms with Crippen LogP contribution < -0.4 is 0 Å². The molecule has 0 saturated carbocycles. The van der Waals surface area contributed by atoms with Crippen molar-refractivity contribution in [2.75, 3.05) is 13.2 Å². The molecule has 0 spiro atoms. The van der Waals surface area contributed by atoms with Crippen molar-refractivity contribution in [3.63, 3.8) is 0 Å². The molecule has 0 aromatic heterocycles. The number of carbonyl (C=O) groups excluding carboxylic acids is 2. The van der Waals surface area contributed by atoms with E-state index in [1.807, 2.05) is 6.92 Å². The number of unbranched alkanes of at least 4 members (excludes halogenated alkanes) is 8. The van der Waals surface area contributed by atoms with Crippen LogP contribution >= 0.6 is 0 Å². The molecule has 0 fully saturated rings. The Hall–Kier alpha value is -1.10. The van der Waals surface area contributed by atoms with Crippen LogP contribution in [0.3, 0.4) is 0 Å². The summed E-state index contributed by atoms with van der Waals surface area (Å²) in [6.07, 6.45) is 11.4. The first-order valence-corrected chi connectivity index (χ1v) is 9.59. The van der Waals surface area contributed by atoms with Gasteiger partial charge in [-0.1, -0.05) is 65.2 Å². The first kappa shape index (κ1) is 22.9. The fourth-order valence-electron chi connectivity index (χ4n) is 2.41. The van der Waals surface area contributed by atoms with Crippen LogP contribution in [0.25, 0.3) is 0 Å². The van der Waals surface area contributed by atoms with Gasteiger partial charge < -0.3 is 14.6 Å². The second-order valence-electron chi connectivity index (χ2n) is 6.31. The summed E-state index contributed by atoms with van der Waals surface area (Å²) in [6, 6.07) is 0. The highest BCUT2D eigenvalue weighted by Crippen LogP contribution is 2.11. The third-order valence-electron chi connectivity index (χ3n) is 3.87. The zero-order valence-corrected chi connectivity index (χ0v) is 15.6. The molecule has 0 aliphatic rings. The molecule has 0 aliphatic heterocycles. The van der Waals surface area contributed by atoms with Crippen LogP contribution in [0.2, 0.25) is 0 Å². The van der Waals surface area contributed by atoms with E-state index in [0.717, 1.165) is 19.3 Å². The van der Waals surface area contributed by atoms with Crippen molar-refractivity contribution in [1.82, 2.24) is 0 Å². The lowest BCUT2D eigenvalue weighted by Crippen LogP contribution is -2.28. The zero-order chi connectivity index (χ0) is 18.0. The predicted octanol–water partition coefficient (Wildman–Crippen LogP) is 4.15. The van der Waals surface area contributed by atoms with E-state index in [2.05, 4.69) is 6.92 Å². The van der Waals surface area contributed by atoms with Gasteiger partial charge in [0.15, 0.2) is 6.10 Å². The lowest BCUT2D eigenvalue weighted by Gasteiger charge is -2.15. The SMILES string of the molecule is CCCCCCCCCCCC(=O)OCC(CO)OC(=O)CCC. The van der Waals surface area contributed by atoms with E-state index in [9.17, 15) is 9.59 Å². The minimum atomic E-state index is -0.754. The summed E-state index contributed by atoms with van der Waals surface area (Å²) in [5, 5.41) is 9.14. The van der Waals surface area contributed by atoms with Crippen molar-refractivity contribution >= 4 is 11.9 Å². The van der Waals surface area contributed by atoms with Gasteiger partial charge in [0.25, 0.3) is 0 Å². The summed E-state index contributed by atoms with van der Waals surface area (Å²) in [6.45, 7) is 3.69. The number of hydrogen-bond donors (Lipinski definition) is 1. The Balaban J connectivity index is 3.55. The minimum absolute atomic E-state index is 0.0672. The maximum Gasteiger partial charge on any atom is 0.306 e. The first-order valence-electron chi connectivity index (χ1n) is 9.59. The highest BCUT2D eigenvalue weighted by Gasteiger charge is 2.15. The molecule has 24 heavy (non-hydrogen) atoms. The first-order chi connectivity index (χ1) is 11.6. The molecule has 0 bridgehead atoms. The Morgan fingerprint density at radius 3 is 1.92 bits per heavy atom. The Labute approximate surface area is 147 Å². The fourth-order valence-corrected chi connectivity index (χ4v) is 2.41. The molecule has 0 radical (unpaired) electrons. The monoisotopic (exact) mass is 344 g/mol. The van der Waals surface area contributed by atoms with E-state index < -0.39 is 6.10 Å². The molecular formula is C19H36O5. The average Bonchev–Trinajstić information content (AvgIpc) is 2.57. The fraction of sp³-hybridized carbons (Fsp3) is 0.895. The molecule has 1 atom stereocenters. The predicted molar refractivity (Wildman–Crippen MR) is 94.7 cm³/mol. The Morgan fingerprint density at radius 1 is 0.792 bits per heavy atom. The van der Waals surface area contributed by atoms with Gasteiger partial charge in [-0.2, -0.15) is 0 Å². The second kappa shape index (κ2) is 16.7. The number of esters is 2. The van der Waals surface area contributed by atoms with Crippen molar-refractivity contribution in [1.29, 1.82) is 0 Å². The largest absolute Gasteiger partial charge is 0.462 e. The third kappa shape index (κ3) is 14.5. The van der Waals surface area contributed by atoms with Crippen LogP contribution in [0.1, 0.15) is 90.9 Å². The van der Waals surface area contributed by atoms with E-state index in [-0.39, 0.29) is 25.2 Å². The van der Waals surface area contributed by atoms with Crippen LogP contribution in [-0.4, -0.2) is 36.4 Å². The van der Waals surface area contributed by atoms with Crippen molar-refractivity contribution in [3.8, 4) is 0 Å². The van der Waals surface area contributed by atoms with Gasteiger partial charge in [0.1, 0.15) is 6.61 Å². The Morgan fingerprint density at radius 2 is 1.38 bits per heavy atom. The molecule has 0 saturated heterocycles. The molecule has 5 nitrogen and oxygen atoms in total. The van der Waals surface area contributed by atoms with Gasteiger partial charge in [-0.25, -0.2) is 0 Å². The standard InChI is InChI=1S/C19H36O5/c1-3-5-6-7-8-9-10-11-12-14-18(21)23-16-17(15-20)24-19(22)13-4-2/h17,20H,3-16H2,1-2H3. The summed E-state index contributed by atoms with van der Waals surface area (Å²) in [7, 11) is 0. The Bertz CT molecular complexity index is 317. The van der Waals surface area contributed by atoms with Crippen molar-refractivity contribution in [2.24, 2.45) is 0 Å². The summed E-state index contributed by atoms with van der Waals surface area (Å²) in [5.41, 5.74) is 0. The smallest absolute Gasteiger partial charge is 0.306 e. The van der Waals surface area contributed by atoms with Gasteiger partial charge in [-0.3, -0.25) is 9.59 Å². The molecule has 5 heteroatoms.